The number of aromatic nitrogens is 2. The number of aryl methyl sites for hydroxylation is 1. The maximum absolute atomic E-state index is 10.3. The molecule has 0 radical (unpaired) electrons. The molecule has 2 rings (SSSR count). The van der Waals surface area contributed by atoms with Crippen LogP contribution in [0.5, 0.6) is 11.8 Å². The molecule has 0 fully saturated rings. The Morgan fingerprint density at radius 3 is 2.08 bits per heavy atom. The van der Waals surface area contributed by atoms with Crippen molar-refractivity contribution in [2.45, 2.75) is 33.6 Å². The Bertz CT molecular complexity index is 722. The molecule has 1 aromatic carbocycles. The molecule has 1 heterocycles. The SMILES string of the molecule is CCCc1cc(Br)cc2nc(OC)c(OC)nc12.CCO[P+](=O)OCC. The predicted octanol–water partition coefficient (Wildman–Crippen LogP) is 5.08. The van der Waals surface area contributed by atoms with Crippen LogP contribution in [0.15, 0.2) is 16.6 Å². The van der Waals surface area contributed by atoms with E-state index in [0.717, 1.165) is 33.9 Å². The molecular weight excluding hydrogens is 423 g/mol. The van der Waals surface area contributed by atoms with E-state index in [-0.39, 0.29) is 0 Å². The van der Waals surface area contributed by atoms with E-state index in [0.29, 0.717) is 25.0 Å². The van der Waals surface area contributed by atoms with Gasteiger partial charge in [0.1, 0.15) is 13.2 Å². The van der Waals surface area contributed by atoms with Crippen LogP contribution in [0.4, 0.5) is 0 Å². The van der Waals surface area contributed by atoms with Crippen molar-refractivity contribution in [3.05, 3.63) is 22.2 Å². The molecule has 26 heavy (non-hydrogen) atoms. The summed E-state index contributed by atoms with van der Waals surface area (Å²) in [4.78, 5) is 8.92. The van der Waals surface area contributed by atoms with Gasteiger partial charge in [0.05, 0.1) is 25.3 Å². The summed E-state index contributed by atoms with van der Waals surface area (Å²) >= 11 is 3.50. The average molecular weight is 448 g/mol. The summed E-state index contributed by atoms with van der Waals surface area (Å²) in [7, 11) is 1.29. The first kappa shape index (κ1) is 22.7. The van der Waals surface area contributed by atoms with Crippen LogP contribution in [-0.4, -0.2) is 37.4 Å². The normalized spacial score (nSPS) is 10.2. The highest BCUT2D eigenvalue weighted by Crippen LogP contribution is 2.29. The Hall–Kier alpha value is -1.34. The fourth-order valence-electron chi connectivity index (χ4n) is 2.13. The number of benzene rings is 1. The summed E-state index contributed by atoms with van der Waals surface area (Å²) in [6.45, 7) is 6.56. The van der Waals surface area contributed by atoms with Crippen LogP contribution in [0.2, 0.25) is 0 Å². The maximum atomic E-state index is 10.3. The molecule has 0 saturated carbocycles. The molecule has 1 aromatic heterocycles. The molecule has 0 N–H and O–H groups in total. The van der Waals surface area contributed by atoms with Crippen LogP contribution in [0.1, 0.15) is 32.8 Å². The minimum atomic E-state index is -1.83. The highest BCUT2D eigenvalue weighted by molar-refractivity contribution is 9.10. The minimum absolute atomic E-state index is 0.408. The number of rotatable bonds is 8. The Balaban J connectivity index is 0.000000359. The van der Waals surface area contributed by atoms with Gasteiger partial charge in [0.15, 0.2) is 0 Å². The van der Waals surface area contributed by atoms with Gasteiger partial charge in [0, 0.05) is 9.04 Å². The topological polar surface area (TPSA) is 79.8 Å². The second kappa shape index (κ2) is 12.1. The summed E-state index contributed by atoms with van der Waals surface area (Å²) in [5.41, 5.74) is 2.85. The lowest BCUT2D eigenvalue weighted by atomic mass is 10.1. The van der Waals surface area contributed by atoms with Crippen molar-refractivity contribution in [2.24, 2.45) is 0 Å². The fraction of sp³-hybridized carbons (Fsp3) is 0.529. The first-order valence-corrected chi connectivity index (χ1v) is 10.2. The van der Waals surface area contributed by atoms with Crippen molar-refractivity contribution in [1.82, 2.24) is 9.97 Å². The number of ether oxygens (including phenoxy) is 2. The highest BCUT2D eigenvalue weighted by atomic mass is 79.9. The Kier molecular flexibility index (Phi) is 10.6. The second-order valence-electron chi connectivity index (χ2n) is 4.98. The summed E-state index contributed by atoms with van der Waals surface area (Å²) in [5.74, 6) is 0.829. The first-order chi connectivity index (χ1) is 12.5. The predicted molar refractivity (Wildman–Crippen MR) is 105 cm³/mol. The van der Waals surface area contributed by atoms with Gasteiger partial charge in [-0.2, -0.15) is 0 Å². The summed E-state index contributed by atoms with van der Waals surface area (Å²) in [6, 6.07) is 4.01. The second-order valence-corrected chi connectivity index (χ2v) is 6.86. The number of nitrogens with zero attached hydrogens (tertiary/aromatic N) is 2. The molecule has 2 aromatic rings. The molecule has 0 atom stereocenters. The van der Waals surface area contributed by atoms with E-state index in [9.17, 15) is 4.57 Å². The molecule has 0 unspecified atom stereocenters. The lowest BCUT2D eigenvalue weighted by Gasteiger charge is -2.10. The van der Waals surface area contributed by atoms with Gasteiger partial charge in [-0.3, -0.25) is 0 Å². The standard InChI is InChI=1S/C13H15BrN2O2.C4H10O3P/c1-4-5-8-6-9(14)7-10-11(8)16-13(18-3)12(15-10)17-2;1-3-6-8(5)7-4-2/h6-7H,4-5H2,1-3H3;3-4H2,1-2H3/q;+1. The van der Waals surface area contributed by atoms with Gasteiger partial charge >= 0.3 is 8.25 Å². The van der Waals surface area contributed by atoms with E-state index < -0.39 is 8.25 Å². The molecule has 7 nitrogen and oxygen atoms in total. The van der Waals surface area contributed by atoms with Crippen molar-refractivity contribution in [2.75, 3.05) is 27.4 Å². The molecule has 0 aliphatic carbocycles. The highest BCUT2D eigenvalue weighted by Gasteiger charge is 2.16. The number of methoxy groups -OCH3 is 2. The quantitative estimate of drug-likeness (QED) is 0.521. The van der Waals surface area contributed by atoms with Gasteiger partial charge in [-0.25, -0.2) is 9.97 Å². The molecule has 0 aliphatic rings. The van der Waals surface area contributed by atoms with Gasteiger partial charge in [-0.15, -0.1) is 9.05 Å². The fourth-order valence-corrected chi connectivity index (χ4v) is 3.12. The van der Waals surface area contributed by atoms with Crippen molar-refractivity contribution in [1.29, 1.82) is 0 Å². The average Bonchev–Trinajstić information content (AvgIpc) is 2.61. The van der Waals surface area contributed by atoms with Crippen LogP contribution in [-0.2, 0) is 20.0 Å². The molecular formula is C17H25BrN2O5P+. The third kappa shape index (κ3) is 6.76. The van der Waals surface area contributed by atoms with Gasteiger partial charge in [0.2, 0.25) is 0 Å². The zero-order valence-electron chi connectivity index (χ0n) is 15.7. The van der Waals surface area contributed by atoms with Crippen molar-refractivity contribution >= 4 is 35.2 Å². The summed E-state index contributed by atoms with van der Waals surface area (Å²) in [6.07, 6.45) is 2.02. The molecule has 0 saturated heterocycles. The van der Waals surface area contributed by atoms with E-state index in [1.165, 1.54) is 0 Å². The first-order valence-electron chi connectivity index (χ1n) is 8.31. The molecule has 9 heteroatoms. The van der Waals surface area contributed by atoms with Gasteiger partial charge in [-0.05, 0) is 38.0 Å². The minimum Gasteiger partial charge on any atom is -0.477 e. The van der Waals surface area contributed by atoms with Gasteiger partial charge in [-0.1, -0.05) is 29.3 Å². The van der Waals surface area contributed by atoms with E-state index in [2.05, 4.69) is 47.9 Å². The van der Waals surface area contributed by atoms with Crippen molar-refractivity contribution < 1.29 is 23.1 Å². The smallest absolute Gasteiger partial charge is 0.477 e. The van der Waals surface area contributed by atoms with Crippen LogP contribution in [0, 0.1) is 0 Å². The summed E-state index contributed by atoms with van der Waals surface area (Å²) in [5, 5.41) is 0. The zero-order valence-corrected chi connectivity index (χ0v) is 18.2. The van der Waals surface area contributed by atoms with Crippen molar-refractivity contribution in [3.63, 3.8) is 0 Å². The van der Waals surface area contributed by atoms with E-state index in [4.69, 9.17) is 9.47 Å². The number of halogens is 1. The van der Waals surface area contributed by atoms with Crippen LogP contribution < -0.4 is 9.47 Å². The van der Waals surface area contributed by atoms with Crippen molar-refractivity contribution in [3.8, 4) is 11.8 Å². The van der Waals surface area contributed by atoms with Gasteiger partial charge in [0.25, 0.3) is 11.8 Å². The van der Waals surface area contributed by atoms with Crippen LogP contribution in [0.3, 0.4) is 0 Å². The largest absolute Gasteiger partial charge is 0.697 e. The van der Waals surface area contributed by atoms with E-state index in [1.54, 1.807) is 28.1 Å². The lowest BCUT2D eigenvalue weighted by molar-refractivity contribution is 0.243. The molecule has 0 aliphatic heterocycles. The van der Waals surface area contributed by atoms with Gasteiger partial charge < -0.3 is 9.47 Å². The molecule has 0 spiro atoms. The monoisotopic (exact) mass is 447 g/mol. The van der Waals surface area contributed by atoms with Crippen LogP contribution in [0.25, 0.3) is 11.0 Å². The number of hydrogen-bond donors (Lipinski definition) is 0. The third-order valence-electron chi connectivity index (χ3n) is 3.13. The lowest BCUT2D eigenvalue weighted by Crippen LogP contribution is -1.99. The Morgan fingerprint density at radius 2 is 1.58 bits per heavy atom. The molecule has 0 amide bonds. The van der Waals surface area contributed by atoms with Crippen LogP contribution >= 0.6 is 24.2 Å². The van der Waals surface area contributed by atoms with E-state index >= 15 is 0 Å². The molecule has 144 valence electrons. The third-order valence-corrected chi connectivity index (χ3v) is 4.52. The number of hydrogen-bond acceptors (Lipinski definition) is 7. The van der Waals surface area contributed by atoms with E-state index in [1.807, 2.05) is 6.07 Å². The summed E-state index contributed by atoms with van der Waals surface area (Å²) < 4.78 is 30.9. The Labute approximate surface area is 163 Å². The Morgan fingerprint density at radius 1 is 1.00 bits per heavy atom. The zero-order chi connectivity index (χ0) is 19.5. The molecule has 0 bridgehead atoms. The number of fused-ring (bicyclic) bond motifs is 1. The maximum Gasteiger partial charge on any atom is 0.697 e.